The van der Waals surface area contributed by atoms with E-state index in [4.69, 9.17) is 5.73 Å². The molecule has 3 aliphatic carbocycles. The van der Waals surface area contributed by atoms with E-state index in [2.05, 4.69) is 79.4 Å². The highest BCUT2D eigenvalue weighted by atomic mass is 15.4. The molecule has 0 radical (unpaired) electrons. The summed E-state index contributed by atoms with van der Waals surface area (Å²) < 4.78 is 1.58. The fourth-order valence-corrected chi connectivity index (χ4v) is 6.81. The van der Waals surface area contributed by atoms with E-state index in [0.29, 0.717) is 23.8 Å². The molecule has 3 aliphatic rings. The molecule has 0 amide bonds. The molecule has 0 saturated heterocycles. The predicted molar refractivity (Wildman–Crippen MR) is 159 cm³/mol. The monoisotopic (exact) mass is 534 g/mol. The van der Waals surface area contributed by atoms with Gasteiger partial charge in [-0.25, -0.2) is 0 Å². The van der Waals surface area contributed by atoms with Crippen LogP contribution >= 0.6 is 0 Å². The molecule has 1 fully saturated rings. The van der Waals surface area contributed by atoms with Crippen LogP contribution in [0.5, 0.6) is 0 Å². The van der Waals surface area contributed by atoms with Crippen LogP contribution in [0, 0.1) is 0 Å². The van der Waals surface area contributed by atoms with E-state index in [9.17, 15) is 0 Å². The second-order valence-electron chi connectivity index (χ2n) is 11.7. The van der Waals surface area contributed by atoms with Crippen LogP contribution in [-0.2, 0) is 25.7 Å². The van der Waals surface area contributed by atoms with E-state index in [0.717, 1.165) is 43.5 Å². The summed E-state index contributed by atoms with van der Waals surface area (Å²) in [4.78, 5) is 4.50. The van der Waals surface area contributed by atoms with Gasteiger partial charge in [0.2, 0.25) is 11.9 Å². The Bertz CT molecular complexity index is 1500. The zero-order chi connectivity index (χ0) is 26.9. The number of benzene rings is 2. The fourth-order valence-electron chi connectivity index (χ4n) is 6.81. The number of nitrogens with one attached hydrogen (secondary N) is 2. The Hall–Kier alpha value is -3.78. The Balaban J connectivity index is 1.06. The molecule has 8 nitrogen and oxygen atoms in total. The minimum absolute atomic E-state index is 0.289. The quantitative estimate of drug-likeness (QED) is 0.282. The first-order valence-electron chi connectivity index (χ1n) is 15.0. The van der Waals surface area contributed by atoms with Gasteiger partial charge in [0.1, 0.15) is 0 Å². The Kier molecular flexibility index (Phi) is 6.93. The van der Waals surface area contributed by atoms with Gasteiger partial charge in [-0.3, -0.25) is 0 Å². The number of fused-ring (bicyclic) bond motifs is 4. The highest BCUT2D eigenvalue weighted by molar-refractivity contribution is 5.68. The van der Waals surface area contributed by atoms with Crippen molar-refractivity contribution in [2.24, 2.45) is 0 Å². The first kappa shape index (κ1) is 25.2. The number of nitrogens with zero attached hydrogens (tertiary/aromatic N) is 5. The van der Waals surface area contributed by atoms with E-state index in [1.807, 2.05) is 0 Å². The zero-order valence-corrected chi connectivity index (χ0v) is 23.1. The van der Waals surface area contributed by atoms with Gasteiger partial charge in [0, 0.05) is 23.3 Å². The van der Waals surface area contributed by atoms with Crippen LogP contribution in [0.15, 0.2) is 48.5 Å². The first-order chi connectivity index (χ1) is 19.7. The number of nitrogens with two attached hydrogens (primary N) is 1. The summed E-state index contributed by atoms with van der Waals surface area (Å²) in [6.07, 6.45) is 14.5. The molecule has 4 N–H and O–H groups in total. The van der Waals surface area contributed by atoms with Gasteiger partial charge in [0.05, 0.1) is 5.69 Å². The van der Waals surface area contributed by atoms with Crippen molar-refractivity contribution >= 4 is 17.6 Å². The number of anilines is 3. The Labute approximate surface area is 235 Å². The lowest BCUT2D eigenvalue weighted by Crippen LogP contribution is -2.39. The summed E-state index contributed by atoms with van der Waals surface area (Å²) in [6, 6.07) is 18.5. The number of hydrogen-bond donors (Lipinski definition) is 3. The molecule has 1 atom stereocenters. The molecule has 0 spiro atoms. The van der Waals surface area contributed by atoms with E-state index < -0.39 is 0 Å². The van der Waals surface area contributed by atoms with E-state index in [1.54, 1.807) is 4.68 Å². The summed E-state index contributed by atoms with van der Waals surface area (Å²) in [5.74, 6) is 1.34. The summed E-state index contributed by atoms with van der Waals surface area (Å²) >= 11 is 0. The third kappa shape index (κ3) is 5.20. The summed E-state index contributed by atoms with van der Waals surface area (Å²) in [5, 5.41) is 21.1. The van der Waals surface area contributed by atoms with Crippen LogP contribution in [0.3, 0.4) is 0 Å². The van der Waals surface area contributed by atoms with Crippen molar-refractivity contribution < 1.29 is 0 Å². The summed E-state index contributed by atoms with van der Waals surface area (Å²) in [5.41, 5.74) is 14.8. The van der Waals surface area contributed by atoms with Crippen molar-refractivity contribution in [3.63, 3.8) is 0 Å². The molecule has 2 aromatic heterocycles. The average Bonchev–Trinajstić information content (AvgIpc) is 3.12. The van der Waals surface area contributed by atoms with Crippen molar-refractivity contribution in [3.8, 4) is 17.1 Å². The lowest BCUT2D eigenvalue weighted by Gasteiger charge is -2.28. The van der Waals surface area contributed by atoms with Gasteiger partial charge in [-0.15, -0.1) is 15.3 Å². The van der Waals surface area contributed by atoms with Crippen LogP contribution in [0.25, 0.3) is 17.1 Å². The van der Waals surface area contributed by atoms with Gasteiger partial charge in [-0.05, 0) is 98.2 Å². The SMILES string of the molecule is Nc1nc(Nc2ccc3c(c2)CCC(NC2CCCCC2)CC3)nn1-c1cc2c(nn1)-c1ccccc1CCC2. The molecule has 1 saturated carbocycles. The molecule has 0 bridgehead atoms. The Morgan fingerprint density at radius 1 is 0.725 bits per heavy atom. The molecule has 206 valence electrons. The number of rotatable bonds is 5. The average molecular weight is 535 g/mol. The Morgan fingerprint density at radius 2 is 1.52 bits per heavy atom. The molecule has 7 rings (SSSR count). The largest absolute Gasteiger partial charge is 0.368 e. The Morgan fingerprint density at radius 3 is 2.42 bits per heavy atom. The van der Waals surface area contributed by atoms with E-state index in [1.165, 1.54) is 72.8 Å². The first-order valence-corrected chi connectivity index (χ1v) is 15.0. The number of hydrogen-bond acceptors (Lipinski definition) is 7. The molecule has 0 aliphatic heterocycles. The van der Waals surface area contributed by atoms with Gasteiger partial charge in [0.25, 0.3) is 0 Å². The predicted octanol–water partition coefficient (Wildman–Crippen LogP) is 5.71. The number of aryl methyl sites for hydroxylation is 4. The molecule has 40 heavy (non-hydrogen) atoms. The normalized spacial score (nSPS) is 19.1. The molecule has 1 unspecified atom stereocenters. The highest BCUT2D eigenvalue weighted by Crippen LogP contribution is 2.32. The molecule has 2 aromatic carbocycles. The van der Waals surface area contributed by atoms with Crippen molar-refractivity contribution in [1.29, 1.82) is 0 Å². The summed E-state index contributed by atoms with van der Waals surface area (Å²) in [7, 11) is 0. The highest BCUT2D eigenvalue weighted by Gasteiger charge is 2.22. The molecule has 2 heterocycles. The topological polar surface area (TPSA) is 107 Å². The number of aromatic nitrogens is 5. The van der Waals surface area contributed by atoms with Crippen molar-refractivity contribution in [1.82, 2.24) is 30.3 Å². The van der Waals surface area contributed by atoms with Gasteiger partial charge >= 0.3 is 0 Å². The van der Waals surface area contributed by atoms with Crippen LogP contribution < -0.4 is 16.4 Å². The molecular weight excluding hydrogens is 496 g/mol. The molecule has 4 aromatic rings. The maximum atomic E-state index is 6.31. The third-order valence-electron chi connectivity index (χ3n) is 8.94. The maximum Gasteiger partial charge on any atom is 0.248 e. The number of nitrogen functional groups attached to an aromatic ring is 1. The van der Waals surface area contributed by atoms with Gasteiger partial charge in [0.15, 0.2) is 5.82 Å². The van der Waals surface area contributed by atoms with Crippen LogP contribution in [0.4, 0.5) is 17.6 Å². The van der Waals surface area contributed by atoms with E-state index >= 15 is 0 Å². The molecular formula is C32H38N8. The second kappa shape index (κ2) is 11.0. The van der Waals surface area contributed by atoms with Crippen LogP contribution in [0.2, 0.25) is 0 Å². The van der Waals surface area contributed by atoms with E-state index in [-0.39, 0.29) is 5.95 Å². The lowest BCUT2D eigenvalue weighted by atomic mass is 9.94. The third-order valence-corrected chi connectivity index (χ3v) is 8.94. The maximum absolute atomic E-state index is 6.31. The van der Waals surface area contributed by atoms with Gasteiger partial charge in [-0.1, -0.05) is 49.6 Å². The van der Waals surface area contributed by atoms with Crippen molar-refractivity contribution in [3.05, 3.63) is 70.8 Å². The lowest BCUT2D eigenvalue weighted by molar-refractivity contribution is 0.321. The minimum Gasteiger partial charge on any atom is -0.368 e. The fraction of sp³-hybridized carbons (Fsp3) is 0.438. The van der Waals surface area contributed by atoms with Crippen molar-refractivity contribution in [2.45, 2.75) is 89.1 Å². The van der Waals surface area contributed by atoms with Crippen LogP contribution in [-0.4, -0.2) is 37.0 Å². The summed E-state index contributed by atoms with van der Waals surface area (Å²) in [6.45, 7) is 0. The minimum atomic E-state index is 0.289. The smallest absolute Gasteiger partial charge is 0.248 e. The van der Waals surface area contributed by atoms with Crippen LogP contribution in [0.1, 0.15) is 73.6 Å². The van der Waals surface area contributed by atoms with Crippen molar-refractivity contribution in [2.75, 3.05) is 11.1 Å². The van der Waals surface area contributed by atoms with Gasteiger partial charge in [-0.2, -0.15) is 9.67 Å². The second-order valence-corrected chi connectivity index (χ2v) is 11.7. The molecule has 8 heteroatoms. The zero-order valence-electron chi connectivity index (χ0n) is 23.1. The van der Waals surface area contributed by atoms with Gasteiger partial charge < -0.3 is 16.4 Å². The standard InChI is InChI=1S/C32H38N8/c33-31-36-32(39-40(31)29-20-24-9-6-8-22-7-4-5-12-28(22)30(24)38-37-29)35-27-18-14-21-13-16-26(17-15-23(21)19-27)34-25-10-2-1-3-11-25/h4-5,7,12,14,18-20,25-26,34H,1-3,6,8-11,13,15-17H2,(H3,33,35,36,39).